The van der Waals surface area contributed by atoms with Crippen LogP contribution in [0.25, 0.3) is 0 Å². The maximum Gasteiger partial charge on any atom is 0.255 e. The zero-order chi connectivity index (χ0) is 19.3. The molecule has 0 radical (unpaired) electrons. The van der Waals surface area contributed by atoms with Crippen molar-refractivity contribution in [3.8, 4) is 5.75 Å². The first-order valence-electron chi connectivity index (χ1n) is 8.04. The second-order valence-electron chi connectivity index (χ2n) is 5.76. The lowest BCUT2D eigenvalue weighted by atomic mass is 10.2. The van der Waals surface area contributed by atoms with Gasteiger partial charge in [-0.25, -0.2) is 13.1 Å². The van der Waals surface area contributed by atoms with Gasteiger partial charge in [0.25, 0.3) is 5.91 Å². The molecule has 140 valence electrons. The Morgan fingerprint density at radius 1 is 1.23 bits per heavy atom. The van der Waals surface area contributed by atoms with E-state index in [-0.39, 0.29) is 16.6 Å². The first-order chi connectivity index (χ1) is 12.3. The topological polar surface area (TPSA) is 84.5 Å². The summed E-state index contributed by atoms with van der Waals surface area (Å²) in [6.45, 7) is 3.67. The van der Waals surface area contributed by atoms with Crippen LogP contribution in [0.5, 0.6) is 5.75 Å². The highest BCUT2D eigenvalue weighted by molar-refractivity contribution is 7.89. The smallest absolute Gasteiger partial charge is 0.255 e. The summed E-state index contributed by atoms with van der Waals surface area (Å²) in [5.41, 5.74) is 0.607. The number of rotatable bonds is 7. The molecule has 0 aliphatic heterocycles. The number of sulfonamides is 1. The lowest BCUT2D eigenvalue weighted by Crippen LogP contribution is -2.32. The van der Waals surface area contributed by atoms with Crippen molar-refractivity contribution in [3.63, 3.8) is 0 Å². The Hall–Kier alpha value is -2.09. The van der Waals surface area contributed by atoms with E-state index in [4.69, 9.17) is 16.3 Å². The molecular formula is C18H21ClN2O4S. The summed E-state index contributed by atoms with van der Waals surface area (Å²) in [6.07, 6.45) is 0.660. The number of ether oxygens (including phenoxy) is 1. The van der Waals surface area contributed by atoms with Crippen molar-refractivity contribution in [3.05, 3.63) is 53.1 Å². The van der Waals surface area contributed by atoms with Gasteiger partial charge in [-0.1, -0.05) is 24.6 Å². The van der Waals surface area contributed by atoms with Crippen LogP contribution >= 0.6 is 11.6 Å². The highest BCUT2D eigenvalue weighted by atomic mass is 35.5. The minimum Gasteiger partial charge on any atom is -0.495 e. The molecule has 0 saturated heterocycles. The van der Waals surface area contributed by atoms with Crippen LogP contribution in [0.2, 0.25) is 5.02 Å². The number of anilines is 1. The molecule has 0 aliphatic rings. The Balaban J connectivity index is 2.34. The Labute approximate surface area is 158 Å². The summed E-state index contributed by atoms with van der Waals surface area (Å²) in [5, 5.41) is 3.10. The molecular weight excluding hydrogens is 376 g/mol. The molecule has 0 heterocycles. The van der Waals surface area contributed by atoms with Crippen molar-refractivity contribution in [1.29, 1.82) is 0 Å². The molecule has 0 bridgehead atoms. The van der Waals surface area contributed by atoms with Crippen LogP contribution in [0.4, 0.5) is 5.69 Å². The molecule has 2 N–H and O–H groups in total. The zero-order valence-electron chi connectivity index (χ0n) is 14.7. The van der Waals surface area contributed by atoms with Crippen molar-refractivity contribution < 1.29 is 17.9 Å². The summed E-state index contributed by atoms with van der Waals surface area (Å²) >= 11 is 5.91. The Kier molecular flexibility index (Phi) is 6.63. The number of methoxy groups -OCH3 is 1. The van der Waals surface area contributed by atoms with E-state index in [2.05, 4.69) is 10.0 Å². The molecule has 8 heteroatoms. The van der Waals surface area contributed by atoms with Crippen molar-refractivity contribution in [1.82, 2.24) is 4.72 Å². The molecule has 26 heavy (non-hydrogen) atoms. The number of halogens is 1. The Morgan fingerprint density at radius 3 is 2.58 bits per heavy atom. The molecule has 0 aliphatic carbocycles. The fourth-order valence-corrected chi connectivity index (χ4v) is 3.74. The fourth-order valence-electron chi connectivity index (χ4n) is 2.19. The third kappa shape index (κ3) is 4.97. The van der Waals surface area contributed by atoms with Gasteiger partial charge in [0.05, 0.1) is 17.7 Å². The lowest BCUT2D eigenvalue weighted by Gasteiger charge is -2.15. The summed E-state index contributed by atoms with van der Waals surface area (Å²) in [4.78, 5) is 12.5. The molecule has 2 aromatic rings. The van der Waals surface area contributed by atoms with E-state index < -0.39 is 15.9 Å². The van der Waals surface area contributed by atoms with Gasteiger partial charge in [-0.15, -0.1) is 0 Å². The molecule has 2 aromatic carbocycles. The normalized spacial score (nSPS) is 12.5. The number of carbonyl (C=O) groups excluding carboxylic acids is 1. The number of hydrogen-bond acceptors (Lipinski definition) is 4. The van der Waals surface area contributed by atoms with Gasteiger partial charge in [-0.2, -0.15) is 0 Å². The standard InChI is InChI=1S/C18H21ClN2O4S/c1-4-12(2)21-26(23,24)15-8-9-17(25-3)16(11-15)20-18(22)13-6-5-7-14(19)10-13/h5-12,21H,4H2,1-3H3,(H,20,22)/t12-/m1/s1. The SMILES string of the molecule is CC[C@@H](C)NS(=O)(=O)c1ccc(OC)c(NC(=O)c2cccc(Cl)c2)c1. The number of benzene rings is 2. The largest absolute Gasteiger partial charge is 0.495 e. The number of hydrogen-bond donors (Lipinski definition) is 2. The molecule has 1 amide bonds. The minimum absolute atomic E-state index is 0.0417. The third-order valence-corrected chi connectivity index (χ3v) is 5.61. The first kappa shape index (κ1) is 20.2. The van der Waals surface area contributed by atoms with Gasteiger partial charge in [0, 0.05) is 16.6 Å². The van der Waals surface area contributed by atoms with E-state index in [0.717, 1.165) is 0 Å². The van der Waals surface area contributed by atoms with Crippen molar-refractivity contribution in [2.75, 3.05) is 12.4 Å². The van der Waals surface area contributed by atoms with Gasteiger partial charge in [0.15, 0.2) is 0 Å². The summed E-state index contributed by atoms with van der Waals surface area (Å²) in [5.74, 6) is -0.0712. The van der Waals surface area contributed by atoms with E-state index in [1.807, 2.05) is 6.92 Å². The third-order valence-electron chi connectivity index (χ3n) is 3.78. The molecule has 0 fully saturated rings. The van der Waals surface area contributed by atoms with Crippen LogP contribution in [-0.2, 0) is 10.0 Å². The molecule has 0 aromatic heterocycles. The quantitative estimate of drug-likeness (QED) is 0.747. The molecule has 0 unspecified atom stereocenters. The molecule has 2 rings (SSSR count). The van der Waals surface area contributed by atoms with Crippen LogP contribution in [0.15, 0.2) is 47.4 Å². The predicted molar refractivity (Wildman–Crippen MR) is 102 cm³/mol. The van der Waals surface area contributed by atoms with Gasteiger partial charge in [-0.05, 0) is 49.7 Å². The fraction of sp³-hybridized carbons (Fsp3) is 0.278. The molecule has 6 nitrogen and oxygen atoms in total. The zero-order valence-corrected chi connectivity index (χ0v) is 16.3. The second kappa shape index (κ2) is 8.53. The first-order valence-corrected chi connectivity index (χ1v) is 9.90. The van der Waals surface area contributed by atoms with E-state index in [0.29, 0.717) is 22.8 Å². The highest BCUT2D eigenvalue weighted by Crippen LogP contribution is 2.28. The van der Waals surface area contributed by atoms with Crippen LogP contribution in [-0.4, -0.2) is 27.5 Å². The number of carbonyl (C=O) groups is 1. The molecule has 0 saturated carbocycles. The summed E-state index contributed by atoms with van der Waals surface area (Å²) in [6, 6.07) is 10.5. The van der Waals surface area contributed by atoms with Gasteiger partial charge in [0.2, 0.25) is 10.0 Å². The molecule has 0 spiro atoms. The Bertz CT molecular complexity index is 900. The van der Waals surface area contributed by atoms with E-state index in [9.17, 15) is 13.2 Å². The average Bonchev–Trinajstić information content (AvgIpc) is 2.61. The van der Waals surface area contributed by atoms with E-state index in [1.54, 1.807) is 25.1 Å². The van der Waals surface area contributed by atoms with Crippen LogP contribution < -0.4 is 14.8 Å². The van der Waals surface area contributed by atoms with Crippen LogP contribution in [0, 0.1) is 0 Å². The van der Waals surface area contributed by atoms with Crippen molar-refractivity contribution >= 4 is 33.2 Å². The average molecular weight is 397 g/mol. The second-order valence-corrected chi connectivity index (χ2v) is 7.91. The van der Waals surface area contributed by atoms with Crippen molar-refractivity contribution in [2.24, 2.45) is 0 Å². The highest BCUT2D eigenvalue weighted by Gasteiger charge is 2.19. The van der Waals surface area contributed by atoms with Gasteiger partial charge in [-0.3, -0.25) is 4.79 Å². The van der Waals surface area contributed by atoms with Crippen LogP contribution in [0.3, 0.4) is 0 Å². The Morgan fingerprint density at radius 2 is 1.96 bits per heavy atom. The van der Waals surface area contributed by atoms with Gasteiger partial charge in [0.1, 0.15) is 5.75 Å². The number of amides is 1. The number of nitrogens with one attached hydrogen (secondary N) is 2. The van der Waals surface area contributed by atoms with Crippen molar-refractivity contribution in [2.45, 2.75) is 31.2 Å². The van der Waals surface area contributed by atoms with Crippen LogP contribution in [0.1, 0.15) is 30.6 Å². The monoisotopic (exact) mass is 396 g/mol. The van der Waals surface area contributed by atoms with E-state index in [1.165, 1.54) is 31.4 Å². The van der Waals surface area contributed by atoms with E-state index >= 15 is 0 Å². The van der Waals surface area contributed by atoms with Gasteiger partial charge >= 0.3 is 0 Å². The molecule has 1 atom stereocenters. The summed E-state index contributed by atoms with van der Waals surface area (Å²) < 4.78 is 32.7. The lowest BCUT2D eigenvalue weighted by molar-refractivity contribution is 0.102. The summed E-state index contributed by atoms with van der Waals surface area (Å²) in [7, 11) is -2.26. The maximum absolute atomic E-state index is 12.5. The minimum atomic E-state index is -3.70. The van der Waals surface area contributed by atoms with Gasteiger partial charge < -0.3 is 10.1 Å². The predicted octanol–water partition coefficient (Wildman–Crippen LogP) is 3.68. The maximum atomic E-state index is 12.5.